The second kappa shape index (κ2) is 4.89. The first-order chi connectivity index (χ1) is 10.0. The van der Waals surface area contributed by atoms with Crippen LogP contribution in [-0.4, -0.2) is 21.6 Å². The van der Waals surface area contributed by atoms with Crippen LogP contribution in [0.25, 0.3) is 0 Å². The van der Waals surface area contributed by atoms with Crippen molar-refractivity contribution in [2.75, 3.05) is 10.6 Å². The van der Waals surface area contributed by atoms with E-state index in [0.29, 0.717) is 16.9 Å². The summed E-state index contributed by atoms with van der Waals surface area (Å²) in [6.07, 6.45) is 3.02. The molecule has 1 unspecified atom stereocenters. The normalized spacial score (nSPS) is 16.4. The molecule has 0 radical (unpaired) electrons. The van der Waals surface area contributed by atoms with Gasteiger partial charge in [0.15, 0.2) is 0 Å². The van der Waals surface area contributed by atoms with Crippen LogP contribution >= 0.6 is 0 Å². The molecular weight excluding hydrogens is 277 g/mol. The molecule has 1 aromatic carbocycles. The van der Waals surface area contributed by atoms with Gasteiger partial charge in [-0.25, -0.2) is 4.39 Å². The Morgan fingerprint density at radius 3 is 3.10 bits per heavy atom. The van der Waals surface area contributed by atoms with E-state index in [1.54, 1.807) is 6.20 Å². The molecule has 2 heterocycles. The topological polar surface area (TPSA) is 102 Å². The van der Waals surface area contributed by atoms with Gasteiger partial charge in [0.25, 0.3) is 5.91 Å². The molecule has 7 nitrogen and oxygen atoms in total. The Balaban J connectivity index is 1.82. The van der Waals surface area contributed by atoms with Gasteiger partial charge in [-0.2, -0.15) is 5.10 Å². The lowest BCUT2D eigenvalue weighted by atomic mass is 10.1. The van der Waals surface area contributed by atoms with Crippen LogP contribution in [0, 0.1) is 5.82 Å². The van der Waals surface area contributed by atoms with Gasteiger partial charge < -0.3 is 16.4 Å². The first-order valence-electron chi connectivity index (χ1n) is 6.20. The number of hydrogen-bond acceptors (Lipinski definition) is 4. The molecule has 1 aliphatic rings. The number of nitrogens with two attached hydrogens (primary N) is 1. The summed E-state index contributed by atoms with van der Waals surface area (Å²) >= 11 is 0. The fourth-order valence-electron chi connectivity index (χ4n) is 2.23. The molecule has 0 fully saturated rings. The molecule has 108 valence electrons. The van der Waals surface area contributed by atoms with E-state index in [9.17, 15) is 14.0 Å². The van der Waals surface area contributed by atoms with E-state index in [1.807, 2.05) is 0 Å². The number of anilines is 2. The second-order valence-electron chi connectivity index (χ2n) is 4.69. The number of fused-ring (bicyclic) bond motifs is 1. The maximum absolute atomic E-state index is 13.3. The van der Waals surface area contributed by atoms with Gasteiger partial charge in [-0.15, -0.1) is 0 Å². The molecule has 0 saturated carbocycles. The van der Waals surface area contributed by atoms with Crippen molar-refractivity contribution in [3.8, 4) is 0 Å². The molecule has 2 amide bonds. The van der Waals surface area contributed by atoms with E-state index < -0.39 is 17.8 Å². The van der Waals surface area contributed by atoms with Gasteiger partial charge in [0.2, 0.25) is 5.91 Å². The van der Waals surface area contributed by atoms with Crippen LogP contribution in [0.3, 0.4) is 0 Å². The monoisotopic (exact) mass is 289 g/mol. The Kier molecular flexibility index (Phi) is 3.05. The van der Waals surface area contributed by atoms with Crippen LogP contribution in [0.15, 0.2) is 30.6 Å². The van der Waals surface area contributed by atoms with E-state index >= 15 is 0 Å². The number of halogens is 1. The number of carbonyl (C=O) groups excluding carboxylic acids is 2. The molecule has 0 saturated heterocycles. The summed E-state index contributed by atoms with van der Waals surface area (Å²) in [5.74, 6) is -1.21. The largest absolute Gasteiger partial charge is 0.368 e. The van der Waals surface area contributed by atoms with Crippen molar-refractivity contribution in [1.82, 2.24) is 9.78 Å². The van der Waals surface area contributed by atoms with Crippen LogP contribution in [0.4, 0.5) is 15.8 Å². The fourth-order valence-corrected chi connectivity index (χ4v) is 2.23. The van der Waals surface area contributed by atoms with Crippen molar-refractivity contribution in [1.29, 1.82) is 0 Å². The number of primary amides is 1. The van der Waals surface area contributed by atoms with Crippen molar-refractivity contribution >= 4 is 23.2 Å². The van der Waals surface area contributed by atoms with Gasteiger partial charge in [-0.1, -0.05) is 0 Å². The maximum Gasteiger partial charge on any atom is 0.251 e. The summed E-state index contributed by atoms with van der Waals surface area (Å²) in [5, 5.41) is 9.56. The molecule has 1 aromatic heterocycles. The minimum Gasteiger partial charge on any atom is -0.368 e. The van der Waals surface area contributed by atoms with Gasteiger partial charge in [0.05, 0.1) is 11.9 Å². The zero-order valence-electron chi connectivity index (χ0n) is 10.8. The second-order valence-corrected chi connectivity index (χ2v) is 4.69. The highest BCUT2D eigenvalue weighted by molar-refractivity contribution is 6.04. The predicted molar refractivity (Wildman–Crippen MR) is 72.8 cm³/mol. The smallest absolute Gasteiger partial charge is 0.251 e. The van der Waals surface area contributed by atoms with Crippen LogP contribution < -0.4 is 16.4 Å². The number of rotatable bonds is 4. The lowest BCUT2D eigenvalue weighted by Crippen LogP contribution is -2.20. The minimum absolute atomic E-state index is 0.0518. The van der Waals surface area contributed by atoms with Gasteiger partial charge in [-0.3, -0.25) is 14.3 Å². The summed E-state index contributed by atoms with van der Waals surface area (Å²) in [6, 6.07) is 3.40. The third kappa shape index (κ3) is 2.55. The molecule has 1 aliphatic heterocycles. The third-order valence-corrected chi connectivity index (χ3v) is 3.11. The van der Waals surface area contributed by atoms with Crippen LogP contribution in [-0.2, 0) is 16.1 Å². The minimum atomic E-state index is -0.707. The number of benzene rings is 1. The fraction of sp³-hybridized carbons (Fsp3) is 0.154. The van der Waals surface area contributed by atoms with Crippen molar-refractivity contribution in [2.45, 2.75) is 12.6 Å². The summed E-state index contributed by atoms with van der Waals surface area (Å²) in [4.78, 5) is 22.7. The summed E-state index contributed by atoms with van der Waals surface area (Å²) < 4.78 is 14.7. The molecular formula is C13H12FN5O2. The van der Waals surface area contributed by atoms with Crippen LogP contribution in [0.2, 0.25) is 0 Å². The Morgan fingerprint density at radius 1 is 1.52 bits per heavy atom. The quantitative estimate of drug-likeness (QED) is 0.767. The highest BCUT2D eigenvalue weighted by Gasteiger charge is 2.31. The zero-order chi connectivity index (χ0) is 15.0. The molecule has 21 heavy (non-hydrogen) atoms. The highest BCUT2D eigenvalue weighted by atomic mass is 19.1. The molecule has 2 aromatic rings. The van der Waals surface area contributed by atoms with E-state index in [4.69, 9.17) is 5.73 Å². The highest BCUT2D eigenvalue weighted by Crippen LogP contribution is 2.33. The van der Waals surface area contributed by atoms with Gasteiger partial charge in [-0.05, 0) is 18.2 Å². The van der Waals surface area contributed by atoms with E-state index in [0.717, 1.165) is 0 Å². The van der Waals surface area contributed by atoms with E-state index in [1.165, 1.54) is 29.1 Å². The lowest BCUT2D eigenvalue weighted by molar-refractivity contribution is -0.119. The number of carbonyl (C=O) groups is 2. The summed E-state index contributed by atoms with van der Waals surface area (Å²) in [6.45, 7) is -0.0518. The number of aromatic nitrogens is 2. The van der Waals surface area contributed by atoms with Crippen molar-refractivity contribution in [3.05, 3.63) is 42.0 Å². The maximum atomic E-state index is 13.3. The van der Waals surface area contributed by atoms with Crippen molar-refractivity contribution < 1.29 is 14.0 Å². The molecule has 8 heteroatoms. The Hall–Kier alpha value is -2.90. The Labute approximate surface area is 118 Å². The average molecular weight is 289 g/mol. The molecule has 1 atom stereocenters. The average Bonchev–Trinajstić information content (AvgIpc) is 2.96. The number of hydrogen-bond donors (Lipinski definition) is 3. The van der Waals surface area contributed by atoms with E-state index in [2.05, 4.69) is 15.7 Å². The molecule has 0 spiro atoms. The predicted octanol–water partition coefficient (Wildman–Crippen LogP) is 0.613. The Morgan fingerprint density at radius 2 is 2.33 bits per heavy atom. The molecule has 0 bridgehead atoms. The standard InChI is InChI=1S/C13H12FN5O2/c14-7-1-2-10-9(3-7)12(13(21)18-10)17-8-4-16-19(5-8)6-11(15)20/h1-5,12,17H,6H2,(H2,15,20)(H,18,21). The number of nitrogens with zero attached hydrogens (tertiary/aromatic N) is 2. The molecule has 4 N–H and O–H groups in total. The molecule has 3 rings (SSSR count). The SMILES string of the molecule is NC(=O)Cn1cc(NC2C(=O)Nc3ccc(F)cc32)cn1. The first-order valence-corrected chi connectivity index (χ1v) is 6.20. The van der Waals surface area contributed by atoms with Crippen LogP contribution in [0.1, 0.15) is 11.6 Å². The van der Waals surface area contributed by atoms with Crippen LogP contribution in [0.5, 0.6) is 0 Å². The van der Waals surface area contributed by atoms with Gasteiger partial charge >= 0.3 is 0 Å². The number of amides is 2. The summed E-state index contributed by atoms with van der Waals surface area (Å²) in [5.41, 5.74) is 6.71. The zero-order valence-corrected chi connectivity index (χ0v) is 10.8. The first kappa shape index (κ1) is 13.1. The van der Waals surface area contributed by atoms with E-state index in [-0.39, 0.29) is 12.5 Å². The van der Waals surface area contributed by atoms with Gasteiger partial charge in [0, 0.05) is 17.4 Å². The van der Waals surface area contributed by atoms with Crippen molar-refractivity contribution in [2.24, 2.45) is 5.73 Å². The lowest BCUT2D eigenvalue weighted by Gasteiger charge is -2.10. The third-order valence-electron chi connectivity index (χ3n) is 3.11. The molecule has 0 aliphatic carbocycles. The number of nitrogens with one attached hydrogen (secondary N) is 2. The summed E-state index contributed by atoms with van der Waals surface area (Å²) in [7, 11) is 0. The van der Waals surface area contributed by atoms with Gasteiger partial charge in [0.1, 0.15) is 18.4 Å². The van der Waals surface area contributed by atoms with Crippen molar-refractivity contribution in [3.63, 3.8) is 0 Å². The Bertz CT molecular complexity index is 727.